The van der Waals surface area contributed by atoms with Gasteiger partial charge in [-0.1, -0.05) is 36.1 Å². The fourth-order valence-corrected chi connectivity index (χ4v) is 3.80. The Hall–Kier alpha value is -4.50. The Kier molecular flexibility index (Phi) is 9.89. The molecule has 48 heavy (non-hydrogen) atoms. The van der Waals surface area contributed by atoms with Crippen LogP contribution < -0.4 is 4.90 Å². The van der Waals surface area contributed by atoms with E-state index in [-0.39, 0.29) is 5.56 Å². The topological polar surface area (TPSA) is 20.3 Å². The summed E-state index contributed by atoms with van der Waals surface area (Å²) < 4.78 is 234. The minimum atomic E-state index is -8.59. The van der Waals surface area contributed by atoms with E-state index in [0.717, 1.165) is 54.6 Å². The van der Waals surface area contributed by atoms with Crippen molar-refractivity contribution in [3.8, 4) is 11.8 Å². The van der Waals surface area contributed by atoms with Gasteiger partial charge in [0.1, 0.15) is 11.6 Å². The average Bonchev–Trinajstić information content (AvgIpc) is 2.99. The molecule has 0 aliphatic carbocycles. The Bertz CT molecular complexity index is 1690. The molecule has 0 radical (unpaired) electrons. The fraction of sp³-hybridized carbons (Fsp3) is 0.276. The van der Waals surface area contributed by atoms with Crippen LogP contribution in [0, 0.1) is 23.5 Å². The highest BCUT2D eigenvalue weighted by Gasteiger charge is 2.94. The Morgan fingerprint density at radius 2 is 0.979 bits per heavy atom. The largest absolute Gasteiger partial charge is 0.460 e. The number of anilines is 1. The molecule has 0 atom stereocenters. The van der Waals surface area contributed by atoms with Crippen LogP contribution in [-0.2, 0) is 11.3 Å². The van der Waals surface area contributed by atoms with Crippen molar-refractivity contribution >= 4 is 11.6 Å². The number of amides is 1. The van der Waals surface area contributed by atoms with Crippen molar-refractivity contribution < 1.29 is 79.4 Å². The number of rotatable bonds is 9. The molecule has 19 heteroatoms. The Labute approximate surface area is 257 Å². The third-order valence-electron chi connectivity index (χ3n) is 6.48. The van der Waals surface area contributed by atoms with Crippen LogP contribution in [-0.4, -0.2) is 47.6 Å². The molecule has 0 saturated heterocycles. The van der Waals surface area contributed by atoms with E-state index in [9.17, 15) is 70.7 Å². The normalized spacial score (nSPS) is 13.5. The quantitative estimate of drug-likeness (QED) is 0.160. The summed E-state index contributed by atoms with van der Waals surface area (Å²) in [6.07, 6.45) is -7.78. The Morgan fingerprint density at radius 1 is 0.542 bits per heavy atom. The first-order valence-electron chi connectivity index (χ1n) is 12.5. The highest BCUT2D eigenvalue weighted by molar-refractivity contribution is 6.00. The van der Waals surface area contributed by atoms with E-state index in [1.165, 1.54) is 0 Å². The SMILES string of the molecule is O=C(N(Cc1ccc(F)cc1)c1ccccc1C#Cc1ccc(F)cc1)C(F)(F)C(F)(F)C(F)(F)C(F)(F)C(F)(F)C(F)(F)C(F)(F)F. The first-order chi connectivity index (χ1) is 21.7. The summed E-state index contributed by atoms with van der Waals surface area (Å²) in [6.45, 7) is -1.41. The lowest BCUT2D eigenvalue weighted by molar-refractivity contribution is -0.449. The third-order valence-corrected chi connectivity index (χ3v) is 6.48. The predicted octanol–water partition coefficient (Wildman–Crippen LogP) is 9.27. The van der Waals surface area contributed by atoms with Crippen molar-refractivity contribution in [2.45, 2.75) is 48.3 Å². The summed E-state index contributed by atoms with van der Waals surface area (Å²) >= 11 is 0. The summed E-state index contributed by atoms with van der Waals surface area (Å²) in [5, 5.41) is 0. The molecule has 0 N–H and O–H groups in total. The van der Waals surface area contributed by atoms with E-state index in [1.54, 1.807) is 0 Å². The zero-order chi connectivity index (χ0) is 36.7. The maximum Gasteiger partial charge on any atom is 0.460 e. The maximum atomic E-state index is 15.1. The number of alkyl halides is 15. The lowest BCUT2D eigenvalue weighted by Crippen LogP contribution is -2.74. The number of hydrogen-bond donors (Lipinski definition) is 0. The van der Waals surface area contributed by atoms with Crippen LogP contribution in [0.25, 0.3) is 0 Å². The first-order valence-corrected chi connectivity index (χ1v) is 12.5. The average molecular weight is 715 g/mol. The van der Waals surface area contributed by atoms with E-state index < -0.39 is 87.5 Å². The minimum absolute atomic E-state index is 0.0120. The van der Waals surface area contributed by atoms with Crippen LogP contribution in [0.1, 0.15) is 16.7 Å². The van der Waals surface area contributed by atoms with Crippen molar-refractivity contribution in [3.05, 3.63) is 101 Å². The van der Waals surface area contributed by atoms with Gasteiger partial charge in [0, 0.05) is 11.1 Å². The van der Waals surface area contributed by atoms with Crippen LogP contribution in [0.4, 0.5) is 80.3 Å². The molecule has 0 aliphatic rings. The Balaban J connectivity index is 2.20. The second kappa shape index (κ2) is 12.5. The molecule has 0 spiro atoms. The molecule has 0 aliphatic heterocycles. The molecule has 0 bridgehead atoms. The minimum Gasteiger partial charge on any atom is -0.301 e. The van der Waals surface area contributed by atoms with Gasteiger partial charge in [-0.2, -0.15) is 65.9 Å². The van der Waals surface area contributed by atoms with E-state index in [2.05, 4.69) is 11.8 Å². The van der Waals surface area contributed by atoms with Crippen LogP contribution in [0.5, 0.6) is 0 Å². The molecule has 3 aromatic carbocycles. The third kappa shape index (κ3) is 6.35. The molecule has 0 unspecified atom stereocenters. The Morgan fingerprint density at radius 3 is 1.48 bits per heavy atom. The zero-order valence-electron chi connectivity index (χ0n) is 22.9. The smallest absolute Gasteiger partial charge is 0.301 e. The highest BCUT2D eigenvalue weighted by atomic mass is 19.4. The molecule has 3 aromatic rings. The summed E-state index contributed by atoms with van der Waals surface area (Å²) in [6, 6.07) is 10.3. The van der Waals surface area contributed by atoms with E-state index in [1.807, 2.05) is 0 Å². The van der Waals surface area contributed by atoms with Crippen LogP contribution >= 0.6 is 0 Å². The fourth-order valence-electron chi connectivity index (χ4n) is 3.80. The number of para-hydroxylation sites is 1. The van der Waals surface area contributed by atoms with Crippen molar-refractivity contribution in [2.75, 3.05) is 4.90 Å². The van der Waals surface area contributed by atoms with Gasteiger partial charge in [0.25, 0.3) is 0 Å². The summed E-state index contributed by atoms with van der Waals surface area (Å²) in [5.41, 5.74) is -2.00. The van der Waals surface area contributed by atoms with E-state index in [0.29, 0.717) is 18.2 Å². The van der Waals surface area contributed by atoms with Gasteiger partial charge < -0.3 is 4.90 Å². The van der Waals surface area contributed by atoms with Gasteiger partial charge in [0.05, 0.1) is 12.2 Å². The van der Waals surface area contributed by atoms with E-state index >= 15 is 8.78 Å². The molecule has 0 heterocycles. The standard InChI is InChI=1S/C29H14F17NO/c30-19-11-6-16(7-12-19)5-10-18-3-1-2-4-21(18)47(15-17-8-13-20(31)14-9-17)22(48)23(32,33)24(34,35)25(36,37)26(38,39)27(40,41)28(42,43)29(44,45)46/h1-4,6-9,11-14H,15H2. The van der Waals surface area contributed by atoms with Crippen LogP contribution in [0.2, 0.25) is 0 Å². The van der Waals surface area contributed by atoms with E-state index in [4.69, 9.17) is 0 Å². The zero-order valence-corrected chi connectivity index (χ0v) is 22.9. The van der Waals surface area contributed by atoms with Crippen molar-refractivity contribution in [2.24, 2.45) is 0 Å². The van der Waals surface area contributed by atoms with Gasteiger partial charge in [-0.15, -0.1) is 0 Å². The van der Waals surface area contributed by atoms with Crippen molar-refractivity contribution in [3.63, 3.8) is 0 Å². The van der Waals surface area contributed by atoms with Gasteiger partial charge >= 0.3 is 47.6 Å². The monoisotopic (exact) mass is 715 g/mol. The summed E-state index contributed by atoms with van der Waals surface area (Å²) in [4.78, 5) is 12.5. The summed E-state index contributed by atoms with van der Waals surface area (Å²) in [7, 11) is 0. The molecular weight excluding hydrogens is 701 g/mol. The molecule has 0 aromatic heterocycles. The molecule has 2 nitrogen and oxygen atoms in total. The van der Waals surface area contributed by atoms with Gasteiger partial charge in [0.15, 0.2) is 0 Å². The van der Waals surface area contributed by atoms with Gasteiger partial charge in [-0.05, 0) is 54.1 Å². The number of carbonyl (C=O) groups is 1. The van der Waals surface area contributed by atoms with Gasteiger partial charge in [0.2, 0.25) is 0 Å². The molecular formula is C29H14F17NO. The number of halogens is 17. The van der Waals surface area contributed by atoms with Crippen molar-refractivity contribution in [1.82, 2.24) is 0 Å². The molecule has 0 saturated carbocycles. The number of nitrogens with zero attached hydrogens (tertiary/aromatic N) is 1. The second-order valence-electron chi connectivity index (χ2n) is 9.74. The predicted molar refractivity (Wildman–Crippen MR) is 132 cm³/mol. The molecule has 260 valence electrons. The number of benzene rings is 3. The van der Waals surface area contributed by atoms with Gasteiger partial charge in [-0.3, -0.25) is 4.79 Å². The van der Waals surface area contributed by atoms with Crippen LogP contribution in [0.15, 0.2) is 72.8 Å². The van der Waals surface area contributed by atoms with Crippen molar-refractivity contribution in [1.29, 1.82) is 0 Å². The second-order valence-corrected chi connectivity index (χ2v) is 9.74. The highest BCUT2D eigenvalue weighted by Crippen LogP contribution is 2.62. The van der Waals surface area contributed by atoms with Gasteiger partial charge in [-0.25, -0.2) is 8.78 Å². The maximum absolute atomic E-state index is 15.1. The first kappa shape index (κ1) is 38.0. The number of carbonyl (C=O) groups excluding carboxylic acids is 1. The van der Waals surface area contributed by atoms with Crippen LogP contribution in [0.3, 0.4) is 0 Å². The molecule has 3 rings (SSSR count). The molecule has 1 amide bonds. The summed E-state index contributed by atoms with van der Waals surface area (Å²) in [5.74, 6) is -49.8. The molecule has 0 fully saturated rings. The lowest BCUT2D eigenvalue weighted by atomic mass is 9.90. The number of hydrogen-bond acceptors (Lipinski definition) is 1. The lowest BCUT2D eigenvalue weighted by Gasteiger charge is -2.41.